The van der Waals surface area contributed by atoms with E-state index in [1.807, 2.05) is 36.4 Å². The number of nitrogens with two attached hydrogens (primary N) is 1. The summed E-state index contributed by atoms with van der Waals surface area (Å²) in [6.45, 7) is 2.32. The number of fused-ring (bicyclic) bond motifs is 1. The number of halogens is 1. The van der Waals surface area contributed by atoms with Crippen molar-refractivity contribution in [3.8, 4) is 0 Å². The van der Waals surface area contributed by atoms with Crippen LogP contribution in [0.25, 0.3) is 0 Å². The molecule has 0 atom stereocenters. The Morgan fingerprint density at radius 1 is 0.838 bits per heavy atom. The van der Waals surface area contributed by atoms with Crippen LogP contribution in [0.3, 0.4) is 0 Å². The van der Waals surface area contributed by atoms with Gasteiger partial charge in [0.1, 0.15) is 5.00 Å². The van der Waals surface area contributed by atoms with Gasteiger partial charge >= 0.3 is 0 Å². The maximum atomic E-state index is 13.0. The van der Waals surface area contributed by atoms with E-state index in [4.69, 9.17) is 5.73 Å². The molecule has 3 aromatic carbocycles. The first kappa shape index (κ1) is 26.3. The number of primary amides is 1. The molecule has 5 rings (SSSR count). The molecule has 3 N–H and O–H groups in total. The average molecular weight is 532 g/mol. The average Bonchev–Trinajstić information content (AvgIpc) is 3.26. The first-order chi connectivity index (χ1) is 17.5. The molecule has 1 aliphatic heterocycles. The van der Waals surface area contributed by atoms with Gasteiger partial charge in [-0.2, -0.15) is 0 Å². The summed E-state index contributed by atoms with van der Waals surface area (Å²) in [7, 11) is 0. The highest BCUT2D eigenvalue weighted by atomic mass is 35.5. The van der Waals surface area contributed by atoms with Crippen molar-refractivity contribution in [2.75, 3.05) is 11.9 Å². The number of nitrogens with one attached hydrogen (secondary N) is 1. The van der Waals surface area contributed by atoms with Crippen LogP contribution in [0, 0.1) is 0 Å². The zero-order valence-electron chi connectivity index (χ0n) is 20.0. The van der Waals surface area contributed by atoms with Gasteiger partial charge in [0.05, 0.1) is 5.56 Å². The van der Waals surface area contributed by atoms with E-state index >= 15 is 0 Å². The fraction of sp³-hybridized carbons (Fsp3) is 0.138. The molecule has 1 aliphatic rings. The van der Waals surface area contributed by atoms with Crippen LogP contribution in [-0.2, 0) is 19.5 Å². The number of hydrogen-bond acceptors (Lipinski definition) is 5. The topological polar surface area (TPSA) is 92.5 Å². The molecule has 0 unspecified atom stereocenters. The van der Waals surface area contributed by atoms with Gasteiger partial charge in [-0.1, -0.05) is 72.8 Å². The third-order valence-corrected chi connectivity index (χ3v) is 7.44. The maximum absolute atomic E-state index is 13.0. The van der Waals surface area contributed by atoms with Crippen LogP contribution in [0.15, 0.2) is 84.9 Å². The number of ketones is 1. The summed E-state index contributed by atoms with van der Waals surface area (Å²) < 4.78 is 0. The Morgan fingerprint density at radius 3 is 2.08 bits per heavy atom. The van der Waals surface area contributed by atoms with Crippen molar-refractivity contribution in [3.05, 3.63) is 123 Å². The van der Waals surface area contributed by atoms with Crippen LogP contribution >= 0.6 is 23.7 Å². The molecule has 1 aromatic heterocycles. The largest absolute Gasteiger partial charge is 0.365 e. The highest BCUT2D eigenvalue weighted by Gasteiger charge is 2.28. The number of benzene rings is 3. The molecule has 8 heteroatoms. The molecular formula is C29H26ClN3O3S. The SMILES string of the molecule is Cl.NC(=O)c1c(NC(=O)c2ccc(C(=O)c3ccccc3)cc2)sc2c1CCN(Cc1ccccc1)C2. The minimum atomic E-state index is -0.539. The Balaban J connectivity index is 0.00000320. The van der Waals surface area contributed by atoms with E-state index in [0.717, 1.165) is 23.5 Å². The summed E-state index contributed by atoms with van der Waals surface area (Å²) in [4.78, 5) is 41.3. The number of thiophene rings is 1. The van der Waals surface area contributed by atoms with E-state index in [9.17, 15) is 14.4 Å². The molecule has 2 heterocycles. The smallest absolute Gasteiger partial charge is 0.256 e. The van der Waals surface area contributed by atoms with Crippen molar-refractivity contribution in [1.29, 1.82) is 0 Å². The molecule has 37 heavy (non-hydrogen) atoms. The van der Waals surface area contributed by atoms with Crippen molar-refractivity contribution in [3.63, 3.8) is 0 Å². The monoisotopic (exact) mass is 531 g/mol. The molecule has 0 fully saturated rings. The number of hydrogen-bond donors (Lipinski definition) is 2. The number of carbonyl (C=O) groups is 3. The van der Waals surface area contributed by atoms with Gasteiger partial charge < -0.3 is 11.1 Å². The maximum Gasteiger partial charge on any atom is 0.256 e. The first-order valence-electron chi connectivity index (χ1n) is 11.7. The summed E-state index contributed by atoms with van der Waals surface area (Å²) in [5, 5.41) is 3.36. The number of amides is 2. The van der Waals surface area contributed by atoms with E-state index in [-0.39, 0.29) is 24.1 Å². The second-order valence-corrected chi connectivity index (χ2v) is 9.85. The minimum Gasteiger partial charge on any atom is -0.365 e. The zero-order valence-corrected chi connectivity index (χ0v) is 21.6. The van der Waals surface area contributed by atoms with Crippen molar-refractivity contribution in [2.24, 2.45) is 5.73 Å². The summed E-state index contributed by atoms with van der Waals surface area (Å²) in [6, 6.07) is 25.8. The van der Waals surface area contributed by atoms with E-state index in [0.29, 0.717) is 40.2 Å². The summed E-state index contributed by atoms with van der Waals surface area (Å²) >= 11 is 1.40. The van der Waals surface area contributed by atoms with Gasteiger partial charge in [-0.3, -0.25) is 19.3 Å². The lowest BCUT2D eigenvalue weighted by molar-refractivity contribution is 0.0998. The Bertz CT molecular complexity index is 1420. The van der Waals surface area contributed by atoms with Crippen LogP contribution in [0.2, 0.25) is 0 Å². The molecule has 4 aromatic rings. The Labute approximate surface area is 225 Å². The van der Waals surface area contributed by atoms with Crippen molar-refractivity contribution >= 4 is 46.3 Å². The fourth-order valence-corrected chi connectivity index (χ4v) is 5.78. The lowest BCUT2D eigenvalue weighted by Gasteiger charge is -2.27. The van der Waals surface area contributed by atoms with Gasteiger partial charge in [0.2, 0.25) is 0 Å². The third-order valence-electron chi connectivity index (χ3n) is 6.30. The number of nitrogens with zero attached hydrogens (tertiary/aromatic N) is 1. The second-order valence-electron chi connectivity index (χ2n) is 8.75. The number of carbonyl (C=O) groups excluding carboxylic acids is 3. The van der Waals surface area contributed by atoms with Gasteiger partial charge in [-0.15, -0.1) is 23.7 Å². The molecular weight excluding hydrogens is 506 g/mol. The van der Waals surface area contributed by atoms with Crippen molar-refractivity contribution in [1.82, 2.24) is 4.90 Å². The van der Waals surface area contributed by atoms with E-state index in [1.165, 1.54) is 16.9 Å². The summed E-state index contributed by atoms with van der Waals surface area (Å²) in [5.41, 5.74) is 9.77. The van der Waals surface area contributed by atoms with Crippen LogP contribution in [-0.4, -0.2) is 29.0 Å². The number of anilines is 1. The van der Waals surface area contributed by atoms with Crippen LogP contribution in [0.5, 0.6) is 0 Å². The first-order valence-corrected chi connectivity index (χ1v) is 12.5. The van der Waals surface area contributed by atoms with Crippen molar-refractivity contribution in [2.45, 2.75) is 19.5 Å². The highest BCUT2D eigenvalue weighted by molar-refractivity contribution is 7.17. The van der Waals surface area contributed by atoms with Crippen LogP contribution in [0.4, 0.5) is 5.00 Å². The molecule has 0 radical (unpaired) electrons. The third kappa shape index (κ3) is 5.80. The second kappa shape index (κ2) is 11.5. The lowest BCUT2D eigenvalue weighted by atomic mass is 10.0. The minimum absolute atomic E-state index is 0. The molecule has 0 saturated carbocycles. The van der Waals surface area contributed by atoms with Gasteiger partial charge in [0, 0.05) is 41.2 Å². The Morgan fingerprint density at radius 2 is 1.43 bits per heavy atom. The standard InChI is InChI=1S/C29H25N3O3S.ClH/c30-27(34)25-23-15-16-32(17-19-7-3-1-4-8-19)18-24(23)36-29(25)31-28(35)22-13-11-21(12-14-22)26(33)20-9-5-2-6-10-20;/h1-14H,15-18H2,(H2,30,34)(H,31,35);1H. The normalized spacial score (nSPS) is 12.8. The summed E-state index contributed by atoms with van der Waals surface area (Å²) in [6.07, 6.45) is 0.698. The van der Waals surface area contributed by atoms with Gasteiger partial charge in [-0.05, 0) is 29.7 Å². The summed E-state index contributed by atoms with van der Waals surface area (Å²) in [5.74, 6) is -0.997. The predicted molar refractivity (Wildman–Crippen MR) is 149 cm³/mol. The Kier molecular flexibility index (Phi) is 8.18. The molecule has 0 aliphatic carbocycles. The molecule has 6 nitrogen and oxygen atoms in total. The predicted octanol–water partition coefficient (Wildman–Crippen LogP) is 5.31. The van der Waals surface area contributed by atoms with E-state index in [1.54, 1.807) is 36.4 Å². The van der Waals surface area contributed by atoms with Crippen LogP contribution in [0.1, 0.15) is 52.6 Å². The lowest BCUT2D eigenvalue weighted by Crippen LogP contribution is -2.30. The van der Waals surface area contributed by atoms with Gasteiger partial charge in [0.15, 0.2) is 5.78 Å². The fourth-order valence-electron chi connectivity index (χ4n) is 4.49. The van der Waals surface area contributed by atoms with Crippen molar-refractivity contribution < 1.29 is 14.4 Å². The highest BCUT2D eigenvalue weighted by Crippen LogP contribution is 2.37. The quantitative estimate of drug-likeness (QED) is 0.316. The Hall–Kier alpha value is -3.78. The van der Waals surface area contributed by atoms with Crippen LogP contribution < -0.4 is 11.1 Å². The van der Waals surface area contributed by atoms with Gasteiger partial charge in [0.25, 0.3) is 11.8 Å². The zero-order chi connectivity index (χ0) is 25.1. The van der Waals surface area contributed by atoms with E-state index in [2.05, 4.69) is 22.3 Å². The number of rotatable bonds is 7. The molecule has 0 saturated heterocycles. The van der Waals surface area contributed by atoms with E-state index < -0.39 is 5.91 Å². The van der Waals surface area contributed by atoms with Gasteiger partial charge in [-0.25, -0.2) is 0 Å². The molecule has 188 valence electrons. The molecule has 0 spiro atoms. The molecule has 0 bridgehead atoms. The molecule has 2 amide bonds.